The Labute approximate surface area is 96.3 Å². The van der Waals surface area contributed by atoms with Crippen molar-refractivity contribution in [3.05, 3.63) is 29.6 Å². The molecule has 92 valence electrons. The number of hydrogen-bond donors (Lipinski definition) is 2. The standard InChI is InChI=1S/C9H6F2N2O2.C2H6/c10-7(11)4-2-1-3-5-6(4)13-8(12-5)9(14)15;1-2/h1-3,7H,(H,12,13)(H,14,15);1-2H3. The van der Waals surface area contributed by atoms with Gasteiger partial charge in [-0.05, 0) is 6.07 Å². The summed E-state index contributed by atoms with van der Waals surface area (Å²) in [5.41, 5.74) is 0.0337. The van der Waals surface area contributed by atoms with Gasteiger partial charge < -0.3 is 10.1 Å². The number of carbonyl (C=O) groups is 1. The number of alkyl halides is 2. The molecule has 1 aromatic heterocycles. The lowest BCUT2D eigenvalue weighted by molar-refractivity contribution is 0.0685. The van der Waals surface area contributed by atoms with Crippen LogP contribution in [0.15, 0.2) is 18.2 Å². The van der Waals surface area contributed by atoms with Crippen molar-refractivity contribution in [2.45, 2.75) is 20.3 Å². The molecule has 2 rings (SSSR count). The van der Waals surface area contributed by atoms with Gasteiger partial charge in [-0.1, -0.05) is 26.0 Å². The van der Waals surface area contributed by atoms with E-state index in [1.54, 1.807) is 0 Å². The third-order valence-electron chi connectivity index (χ3n) is 1.98. The van der Waals surface area contributed by atoms with Gasteiger partial charge in [-0.3, -0.25) is 0 Å². The van der Waals surface area contributed by atoms with Gasteiger partial charge in [0.1, 0.15) is 0 Å². The van der Waals surface area contributed by atoms with Gasteiger partial charge in [0.25, 0.3) is 6.43 Å². The summed E-state index contributed by atoms with van der Waals surface area (Å²) in [6, 6.07) is 4.15. The predicted molar refractivity (Wildman–Crippen MR) is 59.4 cm³/mol. The predicted octanol–water partition coefficient (Wildman–Crippen LogP) is 3.22. The van der Waals surface area contributed by atoms with E-state index in [0.717, 1.165) is 0 Å². The molecule has 0 atom stereocenters. The van der Waals surface area contributed by atoms with Crippen LogP contribution in [-0.2, 0) is 0 Å². The average molecular weight is 242 g/mol. The lowest BCUT2D eigenvalue weighted by atomic mass is 10.2. The molecule has 6 heteroatoms. The Bertz CT molecular complexity index is 523. The molecular weight excluding hydrogens is 230 g/mol. The van der Waals surface area contributed by atoms with Gasteiger partial charge >= 0.3 is 5.97 Å². The van der Waals surface area contributed by atoms with Crippen molar-refractivity contribution >= 4 is 17.0 Å². The highest BCUT2D eigenvalue weighted by molar-refractivity contribution is 5.90. The second-order valence-electron chi connectivity index (χ2n) is 2.93. The number of rotatable bonds is 2. The molecule has 0 amide bonds. The van der Waals surface area contributed by atoms with E-state index >= 15 is 0 Å². The maximum Gasteiger partial charge on any atom is 0.371 e. The molecule has 0 saturated carbocycles. The van der Waals surface area contributed by atoms with Gasteiger partial charge in [0.05, 0.1) is 11.0 Å². The molecule has 1 heterocycles. The summed E-state index contributed by atoms with van der Waals surface area (Å²) in [6.07, 6.45) is -2.67. The van der Waals surface area contributed by atoms with Crippen LogP contribution in [0.4, 0.5) is 8.78 Å². The molecule has 2 N–H and O–H groups in total. The first-order valence-electron chi connectivity index (χ1n) is 5.09. The first kappa shape index (κ1) is 13.1. The second-order valence-corrected chi connectivity index (χ2v) is 2.93. The normalized spacial score (nSPS) is 10.2. The summed E-state index contributed by atoms with van der Waals surface area (Å²) >= 11 is 0. The lowest BCUT2D eigenvalue weighted by Crippen LogP contribution is -1.98. The Morgan fingerprint density at radius 3 is 2.59 bits per heavy atom. The SMILES string of the molecule is CC.O=C(O)c1nc2c(C(F)F)cccc2[nH]1. The van der Waals surface area contributed by atoms with Gasteiger partial charge in [-0.2, -0.15) is 0 Å². The van der Waals surface area contributed by atoms with Crippen molar-refractivity contribution in [3.8, 4) is 0 Å². The lowest BCUT2D eigenvalue weighted by Gasteiger charge is -1.98. The molecule has 0 aliphatic rings. The zero-order valence-corrected chi connectivity index (χ0v) is 9.37. The molecule has 0 aliphatic carbocycles. The van der Waals surface area contributed by atoms with Crippen molar-refractivity contribution in [2.75, 3.05) is 0 Å². The number of aromatic carboxylic acids is 1. The largest absolute Gasteiger partial charge is 0.475 e. The third kappa shape index (κ3) is 2.58. The van der Waals surface area contributed by atoms with Crippen LogP contribution in [0.1, 0.15) is 36.5 Å². The van der Waals surface area contributed by atoms with E-state index in [0.29, 0.717) is 5.52 Å². The number of carboxylic acid groups (broad SMARTS) is 1. The van der Waals surface area contributed by atoms with E-state index in [1.165, 1.54) is 18.2 Å². The molecule has 17 heavy (non-hydrogen) atoms. The maximum absolute atomic E-state index is 12.5. The minimum atomic E-state index is -2.67. The van der Waals surface area contributed by atoms with Crippen molar-refractivity contribution in [1.29, 1.82) is 0 Å². The van der Waals surface area contributed by atoms with Gasteiger partial charge in [-0.25, -0.2) is 18.6 Å². The minimum Gasteiger partial charge on any atom is -0.475 e. The first-order valence-corrected chi connectivity index (χ1v) is 5.09. The van der Waals surface area contributed by atoms with Crippen LogP contribution in [0.3, 0.4) is 0 Å². The van der Waals surface area contributed by atoms with Crippen molar-refractivity contribution in [1.82, 2.24) is 9.97 Å². The smallest absolute Gasteiger partial charge is 0.371 e. The molecular formula is C11H12F2N2O2. The van der Waals surface area contributed by atoms with Crippen molar-refractivity contribution in [2.24, 2.45) is 0 Å². The van der Waals surface area contributed by atoms with Crippen LogP contribution < -0.4 is 0 Å². The number of carboxylic acids is 1. The fourth-order valence-corrected chi connectivity index (χ4v) is 1.33. The highest BCUT2D eigenvalue weighted by Gasteiger charge is 2.16. The van der Waals surface area contributed by atoms with Crippen LogP contribution in [0.2, 0.25) is 0 Å². The number of nitrogens with zero attached hydrogens (tertiary/aromatic N) is 1. The van der Waals surface area contributed by atoms with E-state index < -0.39 is 12.4 Å². The van der Waals surface area contributed by atoms with Gasteiger partial charge in [-0.15, -0.1) is 0 Å². The van der Waals surface area contributed by atoms with E-state index in [4.69, 9.17) is 5.11 Å². The zero-order chi connectivity index (χ0) is 13.0. The molecule has 0 spiro atoms. The van der Waals surface area contributed by atoms with E-state index in [1.807, 2.05) is 13.8 Å². The number of imidazole rings is 1. The highest BCUT2D eigenvalue weighted by Crippen LogP contribution is 2.25. The van der Waals surface area contributed by atoms with Gasteiger partial charge in [0.15, 0.2) is 0 Å². The molecule has 0 saturated heterocycles. The number of para-hydroxylation sites is 1. The average Bonchev–Trinajstić information content (AvgIpc) is 2.74. The summed E-state index contributed by atoms with van der Waals surface area (Å²) < 4.78 is 25.0. The molecule has 0 fully saturated rings. The van der Waals surface area contributed by atoms with Crippen LogP contribution in [-0.4, -0.2) is 21.0 Å². The summed E-state index contributed by atoms with van der Waals surface area (Å²) in [5.74, 6) is -1.61. The summed E-state index contributed by atoms with van der Waals surface area (Å²) in [5, 5.41) is 8.63. The second kappa shape index (κ2) is 5.38. The molecule has 1 aromatic carbocycles. The number of aromatic amines is 1. The molecule has 0 radical (unpaired) electrons. The number of hydrogen-bond acceptors (Lipinski definition) is 2. The summed E-state index contributed by atoms with van der Waals surface area (Å²) in [6.45, 7) is 4.00. The Hall–Kier alpha value is -1.98. The van der Waals surface area contributed by atoms with E-state index in [9.17, 15) is 13.6 Å². The Kier molecular flexibility index (Phi) is 4.14. The fourth-order valence-electron chi connectivity index (χ4n) is 1.33. The Balaban J connectivity index is 0.000000686. The van der Waals surface area contributed by atoms with Crippen molar-refractivity contribution in [3.63, 3.8) is 0 Å². The van der Waals surface area contributed by atoms with Gasteiger partial charge in [0.2, 0.25) is 5.82 Å². The number of nitrogens with one attached hydrogen (secondary N) is 1. The minimum absolute atomic E-state index is 0.00454. The van der Waals surface area contributed by atoms with E-state index in [2.05, 4.69) is 9.97 Å². The molecule has 4 nitrogen and oxygen atoms in total. The van der Waals surface area contributed by atoms with Crippen LogP contribution in [0.25, 0.3) is 11.0 Å². The van der Waals surface area contributed by atoms with E-state index in [-0.39, 0.29) is 16.9 Å². The number of aromatic nitrogens is 2. The molecule has 0 aliphatic heterocycles. The number of benzene rings is 1. The fraction of sp³-hybridized carbons (Fsp3) is 0.273. The first-order chi connectivity index (χ1) is 8.09. The monoisotopic (exact) mass is 242 g/mol. The van der Waals surface area contributed by atoms with Crippen LogP contribution in [0, 0.1) is 0 Å². The van der Waals surface area contributed by atoms with Crippen LogP contribution >= 0.6 is 0 Å². The Morgan fingerprint density at radius 1 is 1.41 bits per heavy atom. The molecule has 0 unspecified atom stereocenters. The quantitative estimate of drug-likeness (QED) is 0.849. The van der Waals surface area contributed by atoms with Crippen LogP contribution in [0.5, 0.6) is 0 Å². The third-order valence-corrected chi connectivity index (χ3v) is 1.98. The maximum atomic E-state index is 12.5. The highest BCUT2D eigenvalue weighted by atomic mass is 19.3. The summed E-state index contributed by atoms with van der Waals surface area (Å²) in [4.78, 5) is 16.6. The zero-order valence-electron chi connectivity index (χ0n) is 9.37. The number of H-pyrrole nitrogens is 1. The summed E-state index contributed by atoms with van der Waals surface area (Å²) in [7, 11) is 0. The Morgan fingerprint density at radius 2 is 2.06 bits per heavy atom. The molecule has 2 aromatic rings. The molecule has 0 bridgehead atoms. The van der Waals surface area contributed by atoms with Gasteiger partial charge in [0, 0.05) is 5.56 Å². The number of fused-ring (bicyclic) bond motifs is 1. The number of halogens is 2. The topological polar surface area (TPSA) is 66.0 Å². The van der Waals surface area contributed by atoms with Crippen molar-refractivity contribution < 1.29 is 18.7 Å².